The van der Waals surface area contributed by atoms with Crippen LogP contribution in [-0.2, 0) is 4.79 Å². The maximum Gasteiger partial charge on any atom is 0.346 e. The summed E-state index contributed by atoms with van der Waals surface area (Å²) in [5.41, 5.74) is 0.447. The molecule has 2 rings (SSSR count). The summed E-state index contributed by atoms with van der Waals surface area (Å²) in [6.45, 7) is 0. The number of carbonyl (C=O) groups is 1. The number of benzene rings is 2. The number of carboxylic acid groups (broad SMARTS) is 1. The highest BCUT2D eigenvalue weighted by atomic mass is 16.4. The van der Waals surface area contributed by atoms with Gasteiger partial charge in [0.15, 0.2) is 0 Å². The van der Waals surface area contributed by atoms with Crippen molar-refractivity contribution in [2.24, 2.45) is 0 Å². The van der Waals surface area contributed by atoms with E-state index in [1.54, 1.807) is 12.1 Å². The number of nitriles is 1. The van der Waals surface area contributed by atoms with Gasteiger partial charge in [0.1, 0.15) is 11.6 Å². The standard InChI is InChI=1S/C14H9NO2/c15-9-13(14(16)17)8-10-5-6-11-3-1-2-4-12(11)7-10/h1-8H,(H,16,17). The molecule has 0 atom stereocenters. The summed E-state index contributed by atoms with van der Waals surface area (Å²) in [4.78, 5) is 10.7. The lowest BCUT2D eigenvalue weighted by molar-refractivity contribution is -0.132. The average Bonchev–Trinajstić information content (AvgIpc) is 2.35. The Morgan fingerprint density at radius 2 is 1.88 bits per heavy atom. The first kappa shape index (κ1) is 10.9. The first-order valence-electron chi connectivity index (χ1n) is 5.04. The third-order valence-corrected chi connectivity index (χ3v) is 2.44. The van der Waals surface area contributed by atoms with E-state index >= 15 is 0 Å². The normalized spacial score (nSPS) is 11.1. The largest absolute Gasteiger partial charge is 0.477 e. The maximum atomic E-state index is 10.7. The molecular formula is C14H9NO2. The number of hydrogen-bond acceptors (Lipinski definition) is 2. The summed E-state index contributed by atoms with van der Waals surface area (Å²) in [6, 6.07) is 15.0. The second kappa shape index (κ2) is 4.50. The van der Waals surface area contributed by atoms with Gasteiger partial charge >= 0.3 is 5.97 Å². The van der Waals surface area contributed by atoms with Crippen molar-refractivity contribution < 1.29 is 9.90 Å². The minimum atomic E-state index is -1.21. The van der Waals surface area contributed by atoms with Crippen LogP contribution in [0.4, 0.5) is 0 Å². The average molecular weight is 223 g/mol. The van der Waals surface area contributed by atoms with Gasteiger partial charge in [0.2, 0.25) is 0 Å². The van der Waals surface area contributed by atoms with Gasteiger partial charge in [0, 0.05) is 0 Å². The molecule has 0 saturated carbocycles. The second-order valence-corrected chi connectivity index (χ2v) is 3.58. The summed E-state index contributed by atoms with van der Waals surface area (Å²) in [5, 5.41) is 19.5. The van der Waals surface area contributed by atoms with Gasteiger partial charge in [-0.2, -0.15) is 5.26 Å². The smallest absolute Gasteiger partial charge is 0.346 e. The maximum absolute atomic E-state index is 10.7. The van der Waals surface area contributed by atoms with Crippen LogP contribution in [0.3, 0.4) is 0 Å². The van der Waals surface area contributed by atoms with E-state index in [0.717, 1.165) is 10.8 Å². The van der Waals surface area contributed by atoms with Crippen molar-refractivity contribution in [3.05, 3.63) is 53.6 Å². The van der Waals surface area contributed by atoms with Crippen LogP contribution >= 0.6 is 0 Å². The molecule has 0 radical (unpaired) electrons. The van der Waals surface area contributed by atoms with E-state index < -0.39 is 5.97 Å². The summed E-state index contributed by atoms with van der Waals surface area (Å²) >= 11 is 0. The van der Waals surface area contributed by atoms with Crippen LogP contribution in [-0.4, -0.2) is 11.1 Å². The quantitative estimate of drug-likeness (QED) is 0.629. The third-order valence-electron chi connectivity index (χ3n) is 2.44. The van der Waals surface area contributed by atoms with E-state index in [4.69, 9.17) is 10.4 Å². The van der Waals surface area contributed by atoms with Crippen LogP contribution in [0.5, 0.6) is 0 Å². The van der Waals surface area contributed by atoms with E-state index in [0.29, 0.717) is 5.56 Å². The molecule has 0 spiro atoms. The predicted molar refractivity (Wildman–Crippen MR) is 65.2 cm³/mol. The van der Waals surface area contributed by atoms with Gasteiger partial charge < -0.3 is 5.11 Å². The molecule has 0 aliphatic carbocycles. The monoisotopic (exact) mass is 223 g/mol. The summed E-state index contributed by atoms with van der Waals surface area (Å²) in [7, 11) is 0. The zero-order valence-corrected chi connectivity index (χ0v) is 8.92. The molecule has 0 unspecified atom stereocenters. The molecule has 0 fully saturated rings. The summed E-state index contributed by atoms with van der Waals surface area (Å²) in [5.74, 6) is -1.21. The molecular weight excluding hydrogens is 214 g/mol. The lowest BCUT2D eigenvalue weighted by Gasteiger charge is -1.99. The summed E-state index contributed by atoms with van der Waals surface area (Å²) < 4.78 is 0. The lowest BCUT2D eigenvalue weighted by atomic mass is 10.1. The predicted octanol–water partition coefficient (Wildman–Crippen LogP) is 2.83. The van der Waals surface area contributed by atoms with Gasteiger partial charge in [-0.05, 0) is 28.5 Å². The third kappa shape index (κ3) is 2.32. The first-order valence-corrected chi connectivity index (χ1v) is 5.04. The summed E-state index contributed by atoms with van der Waals surface area (Å²) in [6.07, 6.45) is 1.37. The number of nitrogens with zero attached hydrogens (tertiary/aromatic N) is 1. The highest BCUT2D eigenvalue weighted by Gasteiger charge is 2.05. The molecule has 0 bridgehead atoms. The minimum absolute atomic E-state index is 0.264. The van der Waals surface area contributed by atoms with Crippen LogP contribution in [0, 0.1) is 11.3 Å². The molecule has 0 heterocycles. The minimum Gasteiger partial charge on any atom is -0.477 e. The molecule has 82 valence electrons. The Balaban J connectivity index is 2.51. The Kier molecular flexibility index (Phi) is 2.89. The molecule has 3 nitrogen and oxygen atoms in total. The first-order chi connectivity index (χ1) is 8.20. The van der Waals surface area contributed by atoms with Gasteiger partial charge in [-0.25, -0.2) is 4.79 Å². The van der Waals surface area contributed by atoms with Crippen molar-refractivity contribution in [1.29, 1.82) is 5.26 Å². The van der Waals surface area contributed by atoms with E-state index in [2.05, 4.69) is 0 Å². The highest BCUT2D eigenvalue weighted by molar-refractivity contribution is 5.97. The Hall–Kier alpha value is -2.60. The van der Waals surface area contributed by atoms with Gasteiger partial charge in [-0.15, -0.1) is 0 Å². The van der Waals surface area contributed by atoms with Crippen molar-refractivity contribution in [2.45, 2.75) is 0 Å². The second-order valence-electron chi connectivity index (χ2n) is 3.58. The SMILES string of the molecule is N#CC(=Cc1ccc2ccccc2c1)C(=O)O. The number of rotatable bonds is 2. The van der Waals surface area contributed by atoms with Crippen molar-refractivity contribution in [2.75, 3.05) is 0 Å². The molecule has 0 saturated heterocycles. The van der Waals surface area contributed by atoms with Gasteiger partial charge in [-0.3, -0.25) is 0 Å². The highest BCUT2D eigenvalue weighted by Crippen LogP contribution is 2.17. The van der Waals surface area contributed by atoms with Crippen molar-refractivity contribution in [1.82, 2.24) is 0 Å². The molecule has 0 amide bonds. The van der Waals surface area contributed by atoms with E-state index in [1.807, 2.05) is 36.4 Å². The number of carboxylic acids is 1. The van der Waals surface area contributed by atoms with Crippen LogP contribution in [0.2, 0.25) is 0 Å². The van der Waals surface area contributed by atoms with Gasteiger partial charge in [0.05, 0.1) is 0 Å². The molecule has 2 aromatic carbocycles. The van der Waals surface area contributed by atoms with E-state index in [1.165, 1.54) is 6.08 Å². The molecule has 2 aromatic rings. The molecule has 1 N–H and O–H groups in total. The van der Waals surface area contributed by atoms with Gasteiger partial charge in [-0.1, -0.05) is 36.4 Å². The fourth-order valence-electron chi connectivity index (χ4n) is 1.61. The number of hydrogen-bond donors (Lipinski definition) is 1. The van der Waals surface area contributed by atoms with E-state index in [9.17, 15) is 4.79 Å². The molecule has 3 heteroatoms. The molecule has 0 aromatic heterocycles. The number of fused-ring (bicyclic) bond motifs is 1. The molecule has 17 heavy (non-hydrogen) atoms. The lowest BCUT2D eigenvalue weighted by Crippen LogP contribution is -1.97. The Morgan fingerprint density at radius 3 is 2.53 bits per heavy atom. The van der Waals surface area contributed by atoms with Gasteiger partial charge in [0.25, 0.3) is 0 Å². The number of aliphatic carboxylic acids is 1. The van der Waals surface area contributed by atoms with Crippen molar-refractivity contribution >= 4 is 22.8 Å². The fraction of sp³-hybridized carbons (Fsp3) is 0. The topological polar surface area (TPSA) is 61.1 Å². The Bertz CT molecular complexity index is 651. The van der Waals surface area contributed by atoms with E-state index in [-0.39, 0.29) is 5.57 Å². The molecule has 0 aliphatic rings. The zero-order chi connectivity index (χ0) is 12.3. The molecule has 0 aliphatic heterocycles. The zero-order valence-electron chi connectivity index (χ0n) is 8.92. The van der Waals surface area contributed by atoms with Crippen LogP contribution < -0.4 is 0 Å². The van der Waals surface area contributed by atoms with Crippen LogP contribution in [0.25, 0.3) is 16.8 Å². The van der Waals surface area contributed by atoms with Crippen molar-refractivity contribution in [3.63, 3.8) is 0 Å². The van der Waals surface area contributed by atoms with Crippen LogP contribution in [0.1, 0.15) is 5.56 Å². The Morgan fingerprint density at radius 1 is 1.18 bits per heavy atom. The Labute approximate surface area is 98.2 Å². The van der Waals surface area contributed by atoms with Crippen LogP contribution in [0.15, 0.2) is 48.0 Å². The van der Waals surface area contributed by atoms with Crippen molar-refractivity contribution in [3.8, 4) is 6.07 Å². The fourth-order valence-corrected chi connectivity index (χ4v) is 1.61.